The van der Waals surface area contributed by atoms with Crippen LogP contribution in [0.3, 0.4) is 0 Å². The van der Waals surface area contributed by atoms with Crippen LogP contribution in [0.5, 0.6) is 11.5 Å². The molecule has 0 spiro atoms. The van der Waals surface area contributed by atoms with Crippen LogP contribution < -0.4 is 14.8 Å². The number of hydrogen-bond donors (Lipinski definition) is 1. The average Bonchev–Trinajstić information content (AvgIpc) is 3.98. The summed E-state index contributed by atoms with van der Waals surface area (Å²) in [6.45, 7) is 22.8. The monoisotopic (exact) mass is 1080 g/mol. The molecule has 5 atom stereocenters. The Morgan fingerprint density at radius 1 is 0.868 bits per heavy atom. The Morgan fingerprint density at radius 2 is 1.47 bits per heavy atom. The number of methoxy groups -OCH3 is 2. The van der Waals surface area contributed by atoms with Gasteiger partial charge in [-0.25, -0.2) is 25.6 Å². The number of Topliss-reactive ketones (excluding diaryl/α,β-unsaturated/α-hetero) is 1. The van der Waals surface area contributed by atoms with Crippen molar-refractivity contribution < 1.29 is 46.7 Å². The number of carbonyl (C=O) groups is 2. The van der Waals surface area contributed by atoms with Crippen LogP contribution in [0.25, 0.3) is 16.0 Å². The van der Waals surface area contributed by atoms with E-state index in [4.69, 9.17) is 54.3 Å². The predicted molar refractivity (Wildman–Crippen MR) is 295 cm³/mol. The average molecular weight is 1080 g/mol. The summed E-state index contributed by atoms with van der Waals surface area (Å²) in [6, 6.07) is 34.5. The second-order valence-corrected chi connectivity index (χ2v) is 27.3. The Morgan fingerprint density at radius 3 is 2.05 bits per heavy atom. The molecule has 1 aliphatic heterocycles. The Balaban J connectivity index is 1.30. The molecule has 0 bridgehead atoms. The normalized spacial score (nSPS) is 17.3. The number of rotatable bonds is 28. The van der Waals surface area contributed by atoms with E-state index in [1.54, 1.807) is 43.1 Å². The number of nitrogens with one attached hydrogen (secondary N) is 1. The van der Waals surface area contributed by atoms with Gasteiger partial charge in [0.1, 0.15) is 41.4 Å². The minimum absolute atomic E-state index is 0.0570. The van der Waals surface area contributed by atoms with Crippen LogP contribution in [0.4, 0.5) is 10.3 Å². The fourth-order valence-electron chi connectivity index (χ4n) is 9.06. The van der Waals surface area contributed by atoms with Crippen LogP contribution in [0.1, 0.15) is 79.5 Å². The van der Waals surface area contributed by atoms with Crippen molar-refractivity contribution in [2.24, 2.45) is 0 Å². The molecular formula is C57H71FN7O9PSi. The zero-order chi connectivity index (χ0) is 54.4. The van der Waals surface area contributed by atoms with Gasteiger partial charge in [-0.05, 0) is 81.1 Å². The summed E-state index contributed by atoms with van der Waals surface area (Å²) < 4.78 is 65.9. The van der Waals surface area contributed by atoms with Crippen molar-refractivity contribution in [1.29, 1.82) is 0 Å². The Hall–Kier alpha value is -6.16. The number of anilines is 1. The van der Waals surface area contributed by atoms with Crippen molar-refractivity contribution in [3.05, 3.63) is 155 Å². The van der Waals surface area contributed by atoms with Gasteiger partial charge in [0.05, 0.1) is 45.9 Å². The smallest absolute Gasteiger partial charge is 0.305 e. The fourth-order valence-corrected chi connectivity index (χ4v) is 11.5. The molecule has 4 aromatic carbocycles. The zero-order valence-corrected chi connectivity index (χ0v) is 46.9. The van der Waals surface area contributed by atoms with E-state index >= 15 is 4.39 Å². The molecule has 7 rings (SSSR count). The van der Waals surface area contributed by atoms with E-state index in [1.807, 2.05) is 117 Å². The molecule has 1 saturated heterocycles. The van der Waals surface area contributed by atoms with E-state index < -0.39 is 46.8 Å². The second-order valence-electron chi connectivity index (χ2n) is 20.3. The molecule has 6 aromatic rings. The summed E-state index contributed by atoms with van der Waals surface area (Å²) in [6.07, 6.45) is -3.65. The molecule has 16 nitrogen and oxygen atoms in total. The van der Waals surface area contributed by atoms with Crippen LogP contribution in [0.2, 0.25) is 25.7 Å². The minimum Gasteiger partial charge on any atom is -0.497 e. The number of fused-ring (bicyclic) bond motifs is 1. The maximum Gasteiger partial charge on any atom is 0.305 e. The Labute approximate surface area is 448 Å². The highest BCUT2D eigenvalue weighted by Gasteiger charge is 2.51. The van der Waals surface area contributed by atoms with Crippen LogP contribution in [-0.2, 0) is 40.1 Å². The number of benzene rings is 4. The second kappa shape index (κ2) is 26.7. The first-order valence-corrected chi connectivity index (χ1v) is 30.6. The number of hydrogen-bond acceptors (Lipinski definition) is 14. The van der Waals surface area contributed by atoms with Gasteiger partial charge in [-0.1, -0.05) is 105 Å². The maximum absolute atomic E-state index is 18.2. The number of esters is 1. The van der Waals surface area contributed by atoms with Gasteiger partial charge >= 0.3 is 5.97 Å². The SMILES string of the molecule is [C-]#[N+]CCOP(O[C@@H]1[C@H](F)[C@@H](COC(c2ccccc2)(c2ccc(OC)cc2)c2ccc(OC)cc2)O[C@H]1n1cnc2c(CC(=O)c3ccccc3)nc(NCCCC(=O)OCC[Si](C)(C)C)nc21)N(C(C)C)C(C)C. The van der Waals surface area contributed by atoms with Gasteiger partial charge in [0.25, 0.3) is 8.53 Å². The Kier molecular flexibility index (Phi) is 20.2. The summed E-state index contributed by atoms with van der Waals surface area (Å²) in [5, 5.41) is 3.26. The zero-order valence-electron chi connectivity index (χ0n) is 45.0. The number of nitrogens with zero attached hydrogens (tertiary/aromatic N) is 6. The molecule has 404 valence electrons. The van der Waals surface area contributed by atoms with Gasteiger partial charge < -0.3 is 42.9 Å². The topological polar surface area (TPSA) is 162 Å². The first-order valence-electron chi connectivity index (χ1n) is 25.8. The number of aromatic nitrogens is 4. The van der Waals surface area contributed by atoms with Crippen molar-refractivity contribution in [2.75, 3.05) is 52.4 Å². The van der Waals surface area contributed by atoms with Crippen molar-refractivity contribution in [3.8, 4) is 11.5 Å². The van der Waals surface area contributed by atoms with Crippen LogP contribution in [0.15, 0.2) is 116 Å². The molecule has 1 fully saturated rings. The number of imidazole rings is 1. The molecule has 3 heterocycles. The highest BCUT2D eigenvalue weighted by Crippen LogP contribution is 2.52. The molecular weight excluding hydrogens is 1000 g/mol. The van der Waals surface area contributed by atoms with Crippen LogP contribution >= 0.6 is 8.53 Å². The number of alkyl halides is 1. The molecule has 0 saturated carbocycles. The van der Waals surface area contributed by atoms with E-state index in [-0.39, 0.29) is 68.0 Å². The summed E-state index contributed by atoms with van der Waals surface area (Å²) in [4.78, 5) is 44.6. The van der Waals surface area contributed by atoms with E-state index in [9.17, 15) is 9.59 Å². The van der Waals surface area contributed by atoms with E-state index in [0.717, 1.165) is 22.7 Å². The Bertz CT molecular complexity index is 2800. The molecule has 76 heavy (non-hydrogen) atoms. The predicted octanol–water partition coefficient (Wildman–Crippen LogP) is 11.3. The molecule has 0 aliphatic carbocycles. The van der Waals surface area contributed by atoms with Gasteiger partial charge in [0.15, 0.2) is 23.8 Å². The summed E-state index contributed by atoms with van der Waals surface area (Å²) in [5.41, 5.74) is 2.35. The molecule has 2 aromatic heterocycles. The molecule has 0 radical (unpaired) electrons. The van der Waals surface area contributed by atoms with Crippen LogP contribution in [-0.4, -0.2) is 122 Å². The fraction of sp³-hybridized carbons (Fsp3) is 0.439. The lowest BCUT2D eigenvalue weighted by molar-refractivity contribution is -0.143. The lowest BCUT2D eigenvalue weighted by Crippen LogP contribution is -2.39. The number of ether oxygens (including phenoxy) is 5. The third-order valence-electron chi connectivity index (χ3n) is 12.9. The molecule has 1 unspecified atom stereocenters. The van der Waals surface area contributed by atoms with Crippen LogP contribution in [0, 0.1) is 6.57 Å². The molecule has 0 amide bonds. The summed E-state index contributed by atoms with van der Waals surface area (Å²) in [5.74, 6) is 0.989. The first kappa shape index (κ1) is 57.5. The quantitative estimate of drug-likeness (QED) is 0.00939. The van der Waals surface area contributed by atoms with Crippen molar-refractivity contribution in [1.82, 2.24) is 24.2 Å². The highest BCUT2D eigenvalue weighted by molar-refractivity contribution is 7.44. The molecule has 1 N–H and O–H groups in total. The summed E-state index contributed by atoms with van der Waals surface area (Å²) >= 11 is 0. The van der Waals surface area contributed by atoms with Crippen molar-refractivity contribution in [3.63, 3.8) is 0 Å². The number of carbonyl (C=O) groups excluding carboxylic acids is 2. The number of halogens is 1. The number of ketones is 1. The van der Waals surface area contributed by atoms with Gasteiger partial charge in [0.2, 0.25) is 12.5 Å². The minimum atomic E-state index is -2.00. The maximum atomic E-state index is 18.2. The standard InChI is InChI=1S/C57H71FN7O9PSi/c1-39(2)65(40(3)4)75(72-33-32-59-5)74-53-51(58)49(37-71-57(42-20-15-12-16-21-42,43-23-27-45(68-6)28-24-43)44-25-29-46(69-7)30-26-44)73-55(53)64-38-61-52-47(36-48(66)41-18-13-11-14-19-41)62-56(63-54(52)64)60-31-17-22-50(67)70-34-35-76(8,9)10/h11-16,18-21,23-30,38-40,49,51,53,55H,17,22,31-37H2,1-4,6-10H3,(H,60,62,63)/t49-,51-,53-,55-,75?/m1/s1. The largest absolute Gasteiger partial charge is 0.497 e. The van der Waals surface area contributed by atoms with E-state index in [2.05, 4.69) is 29.8 Å². The van der Waals surface area contributed by atoms with Crippen molar-refractivity contribution in [2.45, 2.75) is 115 Å². The third kappa shape index (κ3) is 14.2. The van der Waals surface area contributed by atoms with E-state index in [0.29, 0.717) is 47.8 Å². The molecule has 1 aliphatic rings. The summed E-state index contributed by atoms with van der Waals surface area (Å²) in [7, 11) is -0.171. The van der Waals surface area contributed by atoms with Gasteiger partial charge in [-0.15, -0.1) is 0 Å². The first-order chi connectivity index (χ1) is 36.6. The van der Waals surface area contributed by atoms with Crippen molar-refractivity contribution >= 4 is 45.5 Å². The lowest BCUT2D eigenvalue weighted by atomic mass is 9.80. The lowest BCUT2D eigenvalue weighted by Gasteiger charge is -2.37. The highest BCUT2D eigenvalue weighted by atomic mass is 31.2. The van der Waals surface area contributed by atoms with E-state index in [1.165, 1.54) is 6.33 Å². The molecule has 19 heteroatoms. The van der Waals surface area contributed by atoms with Gasteiger partial charge in [-0.3, -0.25) is 14.2 Å². The van der Waals surface area contributed by atoms with Gasteiger partial charge in [-0.2, -0.15) is 4.98 Å². The third-order valence-corrected chi connectivity index (χ3v) is 16.7. The van der Waals surface area contributed by atoms with Gasteiger partial charge in [0, 0.05) is 38.7 Å².